The third-order valence-electron chi connectivity index (χ3n) is 4.42. The van der Waals surface area contributed by atoms with Gasteiger partial charge in [0.2, 0.25) is 10.0 Å². The molecule has 0 radical (unpaired) electrons. The quantitative estimate of drug-likeness (QED) is 0.747. The molecular formula is C17H29N2O2S+. The van der Waals surface area contributed by atoms with Crippen LogP contribution in [-0.4, -0.2) is 34.6 Å². The van der Waals surface area contributed by atoms with Crippen LogP contribution in [0.5, 0.6) is 0 Å². The highest BCUT2D eigenvalue weighted by Crippen LogP contribution is 2.17. The minimum atomic E-state index is -3.36. The molecule has 1 heterocycles. The van der Waals surface area contributed by atoms with Crippen molar-refractivity contribution in [1.29, 1.82) is 0 Å². The van der Waals surface area contributed by atoms with Crippen molar-refractivity contribution in [2.24, 2.45) is 0 Å². The molecule has 0 aliphatic carbocycles. The average molecular weight is 325 g/mol. The highest BCUT2D eigenvalue weighted by molar-refractivity contribution is 7.89. The maximum absolute atomic E-state index is 12.2. The summed E-state index contributed by atoms with van der Waals surface area (Å²) in [5, 5.41) is 0. The van der Waals surface area contributed by atoms with Gasteiger partial charge >= 0.3 is 0 Å². The van der Waals surface area contributed by atoms with Gasteiger partial charge in [0.15, 0.2) is 0 Å². The monoisotopic (exact) mass is 325 g/mol. The van der Waals surface area contributed by atoms with Crippen molar-refractivity contribution in [3.63, 3.8) is 0 Å². The summed E-state index contributed by atoms with van der Waals surface area (Å²) in [5.74, 6) is 0.414. The average Bonchev–Trinajstić information content (AvgIpc) is 2.53. The predicted octanol–water partition coefficient (Wildman–Crippen LogP) is 1.55. The first-order valence-corrected chi connectivity index (χ1v) is 9.90. The standard InChI is InChI=1S/C17H28N2O2S/c1-15(2)16-7-9-17(10-8-16)22(20,21)18-11-6-14-19-12-4-3-5-13-19/h7-10,15,18H,3-6,11-14H2,1-2H3/p+1. The van der Waals surface area contributed by atoms with E-state index in [1.807, 2.05) is 12.1 Å². The highest BCUT2D eigenvalue weighted by atomic mass is 32.2. The van der Waals surface area contributed by atoms with Crippen LogP contribution in [0.1, 0.15) is 51.0 Å². The number of rotatable bonds is 7. The van der Waals surface area contributed by atoms with Gasteiger partial charge in [0, 0.05) is 13.0 Å². The molecule has 0 bridgehead atoms. The van der Waals surface area contributed by atoms with E-state index in [0.29, 0.717) is 17.4 Å². The second kappa shape index (κ2) is 8.09. The predicted molar refractivity (Wildman–Crippen MR) is 89.8 cm³/mol. The van der Waals surface area contributed by atoms with Crippen LogP contribution in [0.4, 0.5) is 0 Å². The van der Waals surface area contributed by atoms with Crippen LogP contribution in [0.3, 0.4) is 0 Å². The lowest BCUT2D eigenvalue weighted by molar-refractivity contribution is -0.904. The fourth-order valence-corrected chi connectivity index (χ4v) is 4.04. The summed E-state index contributed by atoms with van der Waals surface area (Å²) in [6.45, 7) is 8.27. The number of hydrogen-bond donors (Lipinski definition) is 2. The molecule has 1 aliphatic heterocycles. The Hall–Kier alpha value is -0.910. The van der Waals surface area contributed by atoms with Gasteiger partial charge in [-0.3, -0.25) is 0 Å². The molecule has 124 valence electrons. The summed E-state index contributed by atoms with van der Waals surface area (Å²) in [4.78, 5) is 1.98. The van der Waals surface area contributed by atoms with Crippen LogP contribution in [0, 0.1) is 0 Å². The van der Waals surface area contributed by atoms with Crippen LogP contribution in [-0.2, 0) is 10.0 Å². The van der Waals surface area contributed by atoms with Crippen LogP contribution >= 0.6 is 0 Å². The van der Waals surface area contributed by atoms with E-state index < -0.39 is 10.0 Å². The molecule has 22 heavy (non-hydrogen) atoms. The largest absolute Gasteiger partial charge is 0.335 e. The Morgan fingerprint density at radius 3 is 2.32 bits per heavy atom. The molecule has 1 fully saturated rings. The van der Waals surface area contributed by atoms with E-state index in [1.165, 1.54) is 32.4 Å². The number of piperidine rings is 1. The molecule has 0 amide bonds. The smallest absolute Gasteiger partial charge is 0.240 e. The first-order valence-electron chi connectivity index (χ1n) is 8.42. The summed E-state index contributed by atoms with van der Waals surface area (Å²) in [7, 11) is -3.36. The van der Waals surface area contributed by atoms with Gasteiger partial charge in [0.25, 0.3) is 0 Å². The van der Waals surface area contributed by atoms with Gasteiger partial charge in [-0.1, -0.05) is 26.0 Å². The third kappa shape index (κ3) is 5.07. The van der Waals surface area contributed by atoms with E-state index in [9.17, 15) is 8.42 Å². The van der Waals surface area contributed by atoms with Crippen LogP contribution in [0.25, 0.3) is 0 Å². The van der Waals surface area contributed by atoms with Gasteiger partial charge in [-0.05, 0) is 42.9 Å². The molecule has 2 rings (SSSR count). The van der Waals surface area contributed by atoms with Crippen LogP contribution in [0.15, 0.2) is 29.2 Å². The van der Waals surface area contributed by atoms with E-state index >= 15 is 0 Å². The fraction of sp³-hybridized carbons (Fsp3) is 0.647. The van der Waals surface area contributed by atoms with Gasteiger partial charge < -0.3 is 4.90 Å². The zero-order valence-corrected chi connectivity index (χ0v) is 14.6. The lowest BCUT2D eigenvalue weighted by Gasteiger charge is -2.23. The number of benzene rings is 1. The first-order chi connectivity index (χ1) is 10.5. The number of hydrogen-bond acceptors (Lipinski definition) is 2. The van der Waals surface area contributed by atoms with E-state index in [2.05, 4.69) is 18.6 Å². The molecule has 5 heteroatoms. The zero-order valence-electron chi connectivity index (χ0n) is 13.8. The molecule has 0 aromatic heterocycles. The van der Waals surface area contributed by atoms with Crippen LogP contribution in [0.2, 0.25) is 0 Å². The Morgan fingerprint density at radius 1 is 1.09 bits per heavy atom. The van der Waals surface area contributed by atoms with E-state index in [0.717, 1.165) is 18.5 Å². The summed E-state index contributed by atoms with van der Waals surface area (Å²) in [6, 6.07) is 7.20. The summed E-state index contributed by atoms with van der Waals surface area (Å²) >= 11 is 0. The molecule has 0 atom stereocenters. The van der Waals surface area contributed by atoms with E-state index in [1.54, 1.807) is 17.0 Å². The van der Waals surface area contributed by atoms with Crippen molar-refractivity contribution in [2.45, 2.75) is 50.3 Å². The number of nitrogens with one attached hydrogen (secondary N) is 2. The molecule has 1 aromatic rings. The SMILES string of the molecule is CC(C)c1ccc(S(=O)(=O)NCCC[NH+]2CCCCC2)cc1. The molecule has 2 N–H and O–H groups in total. The number of likely N-dealkylation sites (tertiary alicyclic amines) is 1. The lowest BCUT2D eigenvalue weighted by atomic mass is 10.0. The van der Waals surface area contributed by atoms with Crippen molar-refractivity contribution in [3.05, 3.63) is 29.8 Å². The second-order valence-corrected chi connectivity index (χ2v) is 8.30. The summed E-state index contributed by atoms with van der Waals surface area (Å²) < 4.78 is 27.2. The molecule has 1 aliphatic rings. The molecule has 0 spiro atoms. The third-order valence-corrected chi connectivity index (χ3v) is 5.89. The second-order valence-electron chi connectivity index (χ2n) is 6.54. The van der Waals surface area contributed by atoms with Gasteiger partial charge in [-0.15, -0.1) is 0 Å². The number of quaternary nitrogens is 1. The zero-order chi connectivity index (χ0) is 16.0. The van der Waals surface area contributed by atoms with Gasteiger partial charge in [0.05, 0.1) is 24.5 Å². The topological polar surface area (TPSA) is 50.6 Å². The van der Waals surface area contributed by atoms with Crippen molar-refractivity contribution in [2.75, 3.05) is 26.2 Å². The summed E-state index contributed by atoms with van der Waals surface area (Å²) in [6.07, 6.45) is 4.87. The van der Waals surface area contributed by atoms with Crippen molar-refractivity contribution < 1.29 is 13.3 Å². The molecular weight excluding hydrogens is 296 g/mol. The molecule has 0 saturated carbocycles. The van der Waals surface area contributed by atoms with Gasteiger partial charge in [-0.2, -0.15) is 0 Å². The van der Waals surface area contributed by atoms with Gasteiger partial charge in [0.1, 0.15) is 0 Å². The van der Waals surface area contributed by atoms with Crippen molar-refractivity contribution >= 4 is 10.0 Å². The maximum Gasteiger partial charge on any atom is 0.240 e. The lowest BCUT2D eigenvalue weighted by Crippen LogP contribution is -3.12. The van der Waals surface area contributed by atoms with Crippen molar-refractivity contribution in [1.82, 2.24) is 4.72 Å². The highest BCUT2D eigenvalue weighted by Gasteiger charge is 2.15. The molecule has 0 unspecified atom stereocenters. The van der Waals surface area contributed by atoms with Crippen molar-refractivity contribution in [3.8, 4) is 0 Å². The Morgan fingerprint density at radius 2 is 1.73 bits per heavy atom. The van der Waals surface area contributed by atoms with E-state index in [-0.39, 0.29) is 0 Å². The fourth-order valence-electron chi connectivity index (χ4n) is 2.96. The van der Waals surface area contributed by atoms with Gasteiger partial charge in [-0.25, -0.2) is 13.1 Å². The van der Waals surface area contributed by atoms with Crippen LogP contribution < -0.4 is 9.62 Å². The Labute approximate surface area is 135 Å². The maximum atomic E-state index is 12.2. The normalized spacial score (nSPS) is 17.0. The minimum absolute atomic E-state index is 0.363. The Bertz CT molecular complexity index is 547. The number of sulfonamides is 1. The summed E-state index contributed by atoms with van der Waals surface area (Å²) in [5.41, 5.74) is 1.16. The first kappa shape index (κ1) is 17.4. The molecule has 1 aromatic carbocycles. The Kier molecular flexibility index (Phi) is 6.41. The molecule has 4 nitrogen and oxygen atoms in total. The van der Waals surface area contributed by atoms with E-state index in [4.69, 9.17) is 0 Å². The minimum Gasteiger partial charge on any atom is -0.335 e. The Balaban J connectivity index is 1.80. The molecule has 1 saturated heterocycles.